The molecule has 1 aliphatic carbocycles. The summed E-state index contributed by atoms with van der Waals surface area (Å²) in [6.07, 6.45) is 9.59. The molecule has 0 radical (unpaired) electrons. The molecule has 2 unspecified atom stereocenters. The Hall–Kier alpha value is 0.650. The van der Waals surface area contributed by atoms with Gasteiger partial charge in [-0.15, -0.1) is 0 Å². The monoisotopic (exact) mass is 324 g/mol. The van der Waals surface area contributed by atoms with Crippen molar-refractivity contribution >= 4 is 22.6 Å². The summed E-state index contributed by atoms with van der Waals surface area (Å²) >= 11 is 2.61. The van der Waals surface area contributed by atoms with Crippen molar-refractivity contribution in [1.29, 1.82) is 0 Å². The standard InChI is InChI=1S/C12H21IO2/c13-11-6-2-1-4-10(5-3-7-11)12-14-8-9-15-12/h10-12H,1-9H2. The van der Waals surface area contributed by atoms with Crippen molar-refractivity contribution in [2.24, 2.45) is 5.92 Å². The summed E-state index contributed by atoms with van der Waals surface area (Å²) in [7, 11) is 0. The normalized spacial score (nSPS) is 35.8. The van der Waals surface area contributed by atoms with Crippen LogP contribution in [0.15, 0.2) is 0 Å². The molecule has 88 valence electrons. The zero-order valence-corrected chi connectivity index (χ0v) is 11.4. The zero-order valence-electron chi connectivity index (χ0n) is 9.29. The average molecular weight is 324 g/mol. The molecule has 2 nitrogen and oxygen atoms in total. The molecule has 2 rings (SSSR count). The van der Waals surface area contributed by atoms with E-state index in [0.29, 0.717) is 5.92 Å². The second-order valence-electron chi connectivity index (χ2n) is 4.68. The van der Waals surface area contributed by atoms with Crippen molar-refractivity contribution in [2.45, 2.75) is 55.2 Å². The number of rotatable bonds is 1. The van der Waals surface area contributed by atoms with Gasteiger partial charge in [0.1, 0.15) is 0 Å². The number of ether oxygens (including phenoxy) is 2. The van der Waals surface area contributed by atoms with Crippen molar-refractivity contribution in [3.8, 4) is 0 Å². The van der Waals surface area contributed by atoms with Gasteiger partial charge in [-0.3, -0.25) is 0 Å². The molecule has 1 saturated heterocycles. The summed E-state index contributed by atoms with van der Waals surface area (Å²) in [5.41, 5.74) is 0. The van der Waals surface area contributed by atoms with E-state index in [9.17, 15) is 0 Å². The van der Waals surface area contributed by atoms with Crippen LogP contribution in [0.2, 0.25) is 0 Å². The first kappa shape index (κ1) is 12.1. The van der Waals surface area contributed by atoms with Gasteiger partial charge in [0, 0.05) is 9.84 Å². The fourth-order valence-electron chi connectivity index (χ4n) is 2.58. The second kappa shape index (κ2) is 6.40. The van der Waals surface area contributed by atoms with Crippen molar-refractivity contribution in [1.82, 2.24) is 0 Å². The van der Waals surface area contributed by atoms with Gasteiger partial charge >= 0.3 is 0 Å². The Morgan fingerprint density at radius 3 is 2.20 bits per heavy atom. The molecule has 0 bridgehead atoms. The Labute approximate surface area is 106 Å². The summed E-state index contributed by atoms with van der Waals surface area (Å²) in [5.74, 6) is 0.661. The number of alkyl halides is 1. The molecule has 1 saturated carbocycles. The first-order valence-corrected chi connectivity index (χ1v) is 7.48. The Bertz CT molecular complexity index is 180. The van der Waals surface area contributed by atoms with Gasteiger partial charge in [-0.2, -0.15) is 0 Å². The molecule has 0 N–H and O–H groups in total. The summed E-state index contributed by atoms with van der Waals surface area (Å²) in [6.45, 7) is 1.60. The van der Waals surface area contributed by atoms with E-state index in [1.807, 2.05) is 0 Å². The van der Waals surface area contributed by atoms with Crippen molar-refractivity contribution < 1.29 is 9.47 Å². The SMILES string of the molecule is IC1CCCCC(C2OCCO2)CCC1. The Morgan fingerprint density at radius 2 is 1.40 bits per heavy atom. The van der Waals surface area contributed by atoms with Crippen molar-refractivity contribution in [3.05, 3.63) is 0 Å². The summed E-state index contributed by atoms with van der Waals surface area (Å²) in [6, 6.07) is 0. The topological polar surface area (TPSA) is 18.5 Å². The van der Waals surface area contributed by atoms with E-state index >= 15 is 0 Å². The fraction of sp³-hybridized carbons (Fsp3) is 1.00. The summed E-state index contributed by atoms with van der Waals surface area (Å²) < 4.78 is 12.2. The maximum absolute atomic E-state index is 5.63. The minimum atomic E-state index is 0.121. The third kappa shape index (κ3) is 3.86. The van der Waals surface area contributed by atoms with Crippen LogP contribution < -0.4 is 0 Å². The van der Waals surface area contributed by atoms with Gasteiger partial charge in [-0.05, 0) is 25.7 Å². The maximum Gasteiger partial charge on any atom is 0.160 e. The predicted octanol–water partition coefficient (Wildman–Crippen LogP) is 3.52. The van der Waals surface area contributed by atoms with Crippen LogP contribution in [0.5, 0.6) is 0 Å². The number of hydrogen-bond donors (Lipinski definition) is 0. The smallest absolute Gasteiger partial charge is 0.160 e. The highest BCUT2D eigenvalue weighted by Gasteiger charge is 2.26. The average Bonchev–Trinajstić information content (AvgIpc) is 2.74. The third-order valence-electron chi connectivity index (χ3n) is 3.47. The van der Waals surface area contributed by atoms with E-state index in [4.69, 9.17) is 9.47 Å². The Kier molecular flexibility index (Phi) is 5.17. The van der Waals surface area contributed by atoms with Gasteiger partial charge in [0.15, 0.2) is 6.29 Å². The third-order valence-corrected chi connectivity index (χ3v) is 4.71. The van der Waals surface area contributed by atoms with E-state index in [2.05, 4.69) is 22.6 Å². The fourth-order valence-corrected chi connectivity index (χ4v) is 3.46. The van der Waals surface area contributed by atoms with Crippen LogP contribution >= 0.6 is 22.6 Å². The summed E-state index contributed by atoms with van der Waals surface area (Å²) in [5, 5.41) is 0. The highest BCUT2D eigenvalue weighted by molar-refractivity contribution is 14.1. The van der Waals surface area contributed by atoms with Crippen molar-refractivity contribution in [2.75, 3.05) is 13.2 Å². The van der Waals surface area contributed by atoms with Crippen LogP contribution in [0.25, 0.3) is 0 Å². The lowest BCUT2D eigenvalue weighted by atomic mass is 9.96. The van der Waals surface area contributed by atoms with E-state index in [0.717, 1.165) is 17.1 Å². The van der Waals surface area contributed by atoms with Gasteiger partial charge in [-0.1, -0.05) is 41.9 Å². The first-order chi connectivity index (χ1) is 7.36. The highest BCUT2D eigenvalue weighted by Crippen LogP contribution is 2.30. The lowest BCUT2D eigenvalue weighted by molar-refractivity contribution is -0.0882. The Morgan fingerprint density at radius 1 is 0.800 bits per heavy atom. The molecule has 2 atom stereocenters. The highest BCUT2D eigenvalue weighted by atomic mass is 127. The molecule has 0 aromatic rings. The lowest BCUT2D eigenvalue weighted by Gasteiger charge is -2.21. The second-order valence-corrected chi connectivity index (χ2v) is 6.44. The van der Waals surface area contributed by atoms with Gasteiger partial charge < -0.3 is 9.47 Å². The van der Waals surface area contributed by atoms with Crippen LogP contribution in [0.1, 0.15) is 44.9 Å². The molecule has 0 aromatic heterocycles. The quantitative estimate of drug-likeness (QED) is 0.543. The predicted molar refractivity (Wildman–Crippen MR) is 69.3 cm³/mol. The first-order valence-electron chi connectivity index (χ1n) is 6.23. The molecular formula is C12H21IO2. The van der Waals surface area contributed by atoms with E-state index in [1.165, 1.54) is 44.9 Å². The molecule has 1 heterocycles. The van der Waals surface area contributed by atoms with Crippen LogP contribution in [-0.4, -0.2) is 23.4 Å². The van der Waals surface area contributed by atoms with Crippen LogP contribution in [0.3, 0.4) is 0 Å². The van der Waals surface area contributed by atoms with Gasteiger partial charge in [0.25, 0.3) is 0 Å². The molecule has 0 amide bonds. The number of hydrogen-bond acceptors (Lipinski definition) is 2. The minimum absolute atomic E-state index is 0.121. The molecule has 2 fully saturated rings. The largest absolute Gasteiger partial charge is 0.350 e. The van der Waals surface area contributed by atoms with Crippen LogP contribution in [0.4, 0.5) is 0 Å². The minimum Gasteiger partial charge on any atom is -0.350 e. The summed E-state index contributed by atoms with van der Waals surface area (Å²) in [4.78, 5) is 0. The Balaban J connectivity index is 1.82. The van der Waals surface area contributed by atoms with Gasteiger partial charge in [0.05, 0.1) is 13.2 Å². The van der Waals surface area contributed by atoms with E-state index in [1.54, 1.807) is 0 Å². The molecule has 2 aliphatic rings. The maximum atomic E-state index is 5.63. The van der Waals surface area contributed by atoms with Gasteiger partial charge in [-0.25, -0.2) is 0 Å². The molecular weight excluding hydrogens is 303 g/mol. The van der Waals surface area contributed by atoms with Gasteiger partial charge in [0.2, 0.25) is 0 Å². The zero-order chi connectivity index (χ0) is 10.5. The van der Waals surface area contributed by atoms with E-state index < -0.39 is 0 Å². The van der Waals surface area contributed by atoms with Crippen LogP contribution in [-0.2, 0) is 9.47 Å². The molecule has 0 spiro atoms. The number of halogens is 1. The van der Waals surface area contributed by atoms with Crippen LogP contribution in [0, 0.1) is 5.92 Å². The molecule has 3 heteroatoms. The lowest BCUT2D eigenvalue weighted by Crippen LogP contribution is -2.21. The molecule has 1 aliphatic heterocycles. The van der Waals surface area contributed by atoms with Crippen molar-refractivity contribution in [3.63, 3.8) is 0 Å². The molecule has 0 aromatic carbocycles. The molecule has 15 heavy (non-hydrogen) atoms. The van der Waals surface area contributed by atoms with E-state index in [-0.39, 0.29) is 6.29 Å².